The number of carbonyl (C=O) groups is 1. The smallest absolute Gasteiger partial charge is 0.254 e. The monoisotopic (exact) mass is 260 g/mol. The first-order valence-electron chi connectivity index (χ1n) is 7.26. The summed E-state index contributed by atoms with van der Waals surface area (Å²) in [5, 5.41) is 3.11. The van der Waals surface area contributed by atoms with E-state index in [2.05, 4.69) is 12.2 Å². The van der Waals surface area contributed by atoms with Crippen LogP contribution in [0.3, 0.4) is 0 Å². The van der Waals surface area contributed by atoms with Gasteiger partial charge in [-0.25, -0.2) is 0 Å². The second kappa shape index (κ2) is 6.09. The van der Waals surface area contributed by atoms with E-state index in [1.807, 2.05) is 37.1 Å². The topological polar surface area (TPSA) is 32.3 Å². The van der Waals surface area contributed by atoms with Crippen molar-refractivity contribution >= 4 is 11.6 Å². The van der Waals surface area contributed by atoms with Crippen molar-refractivity contribution in [1.82, 2.24) is 4.90 Å². The molecule has 1 fully saturated rings. The molecule has 0 unspecified atom stereocenters. The van der Waals surface area contributed by atoms with Crippen molar-refractivity contribution in [3.05, 3.63) is 29.3 Å². The number of amides is 1. The Bertz CT molecular complexity index is 450. The van der Waals surface area contributed by atoms with Crippen molar-refractivity contribution in [1.29, 1.82) is 0 Å². The summed E-state index contributed by atoms with van der Waals surface area (Å²) >= 11 is 0. The van der Waals surface area contributed by atoms with Gasteiger partial charge >= 0.3 is 0 Å². The molecule has 3 nitrogen and oxygen atoms in total. The van der Waals surface area contributed by atoms with Crippen LogP contribution in [0.15, 0.2) is 18.2 Å². The Morgan fingerprint density at radius 2 is 2.05 bits per heavy atom. The maximum absolute atomic E-state index is 12.7. The Morgan fingerprint density at radius 1 is 1.37 bits per heavy atom. The molecular weight excluding hydrogens is 236 g/mol. The number of rotatable bonds is 4. The molecule has 0 aromatic heterocycles. The van der Waals surface area contributed by atoms with Gasteiger partial charge in [-0.05, 0) is 50.5 Å². The van der Waals surface area contributed by atoms with Crippen molar-refractivity contribution in [3.8, 4) is 0 Å². The molecule has 1 aromatic carbocycles. The zero-order chi connectivity index (χ0) is 13.8. The highest BCUT2D eigenvalue weighted by Crippen LogP contribution is 2.26. The summed E-state index contributed by atoms with van der Waals surface area (Å²) in [6.07, 6.45) is 4.83. The van der Waals surface area contributed by atoms with Crippen molar-refractivity contribution in [3.63, 3.8) is 0 Å². The number of nitrogens with one attached hydrogen (secondary N) is 1. The van der Waals surface area contributed by atoms with Gasteiger partial charge in [0.05, 0.1) is 0 Å². The summed E-state index contributed by atoms with van der Waals surface area (Å²) in [6.45, 7) is 4.89. The van der Waals surface area contributed by atoms with Crippen LogP contribution in [0.2, 0.25) is 0 Å². The Morgan fingerprint density at radius 3 is 2.58 bits per heavy atom. The lowest BCUT2D eigenvalue weighted by atomic mass is 10.0. The largest absolute Gasteiger partial charge is 0.388 e. The fourth-order valence-corrected chi connectivity index (χ4v) is 3.00. The first-order valence-corrected chi connectivity index (χ1v) is 7.26. The van der Waals surface area contributed by atoms with Crippen LogP contribution in [0.25, 0.3) is 0 Å². The Hall–Kier alpha value is -1.51. The molecule has 0 radical (unpaired) electrons. The summed E-state index contributed by atoms with van der Waals surface area (Å²) in [7, 11) is 1.90. The molecule has 3 heteroatoms. The van der Waals surface area contributed by atoms with Gasteiger partial charge < -0.3 is 10.2 Å². The van der Waals surface area contributed by atoms with Gasteiger partial charge in [-0.2, -0.15) is 0 Å². The molecule has 2 rings (SSSR count). The van der Waals surface area contributed by atoms with E-state index in [0.29, 0.717) is 6.04 Å². The molecule has 0 atom stereocenters. The molecule has 1 N–H and O–H groups in total. The van der Waals surface area contributed by atoms with Crippen molar-refractivity contribution in [2.45, 2.75) is 45.6 Å². The summed E-state index contributed by atoms with van der Waals surface area (Å²) in [6, 6.07) is 6.40. The van der Waals surface area contributed by atoms with Gasteiger partial charge in [0.15, 0.2) is 0 Å². The lowest BCUT2D eigenvalue weighted by Crippen LogP contribution is -2.38. The van der Waals surface area contributed by atoms with Gasteiger partial charge in [0.25, 0.3) is 5.91 Å². The SMILES string of the molecule is CCN(C(=O)c1ccc(NC)cc1C)C1CCCC1. The molecule has 1 aliphatic carbocycles. The molecule has 1 saturated carbocycles. The van der Waals surface area contributed by atoms with E-state index in [1.165, 1.54) is 12.8 Å². The van der Waals surface area contributed by atoms with Gasteiger partial charge in [-0.1, -0.05) is 12.8 Å². The molecule has 104 valence electrons. The van der Waals surface area contributed by atoms with Gasteiger partial charge in [0.1, 0.15) is 0 Å². The first-order chi connectivity index (χ1) is 9.17. The van der Waals surface area contributed by atoms with Gasteiger partial charge in [0, 0.05) is 30.9 Å². The summed E-state index contributed by atoms with van der Waals surface area (Å²) in [5.74, 6) is 0.189. The number of aryl methyl sites for hydroxylation is 1. The molecule has 0 bridgehead atoms. The number of anilines is 1. The summed E-state index contributed by atoms with van der Waals surface area (Å²) < 4.78 is 0. The van der Waals surface area contributed by atoms with Crippen molar-refractivity contribution in [2.24, 2.45) is 0 Å². The third kappa shape index (κ3) is 2.91. The van der Waals surface area contributed by atoms with E-state index >= 15 is 0 Å². The van der Waals surface area contributed by atoms with E-state index < -0.39 is 0 Å². The van der Waals surface area contributed by atoms with E-state index in [4.69, 9.17) is 0 Å². The highest BCUT2D eigenvalue weighted by Gasteiger charge is 2.26. The Balaban J connectivity index is 2.21. The highest BCUT2D eigenvalue weighted by molar-refractivity contribution is 5.96. The maximum Gasteiger partial charge on any atom is 0.254 e. The third-order valence-electron chi connectivity index (χ3n) is 4.11. The minimum Gasteiger partial charge on any atom is -0.388 e. The molecule has 1 aliphatic rings. The predicted molar refractivity (Wildman–Crippen MR) is 79.7 cm³/mol. The third-order valence-corrected chi connectivity index (χ3v) is 4.11. The van der Waals surface area contributed by atoms with Gasteiger partial charge in [0.2, 0.25) is 0 Å². The second-order valence-corrected chi connectivity index (χ2v) is 5.31. The number of benzene rings is 1. The quantitative estimate of drug-likeness (QED) is 0.899. The zero-order valence-corrected chi connectivity index (χ0v) is 12.2. The van der Waals surface area contributed by atoms with Crippen LogP contribution in [0.1, 0.15) is 48.5 Å². The van der Waals surface area contributed by atoms with Gasteiger partial charge in [-0.3, -0.25) is 4.79 Å². The fourth-order valence-electron chi connectivity index (χ4n) is 3.00. The molecule has 1 amide bonds. The summed E-state index contributed by atoms with van der Waals surface area (Å²) in [4.78, 5) is 14.7. The molecule has 1 aromatic rings. The molecule has 0 heterocycles. The molecular formula is C16H24N2O. The van der Waals surface area contributed by atoms with Crippen LogP contribution in [0.5, 0.6) is 0 Å². The average molecular weight is 260 g/mol. The molecule has 0 aliphatic heterocycles. The number of nitrogens with zero attached hydrogens (tertiary/aromatic N) is 1. The van der Waals surface area contributed by atoms with Crippen molar-refractivity contribution in [2.75, 3.05) is 18.9 Å². The average Bonchev–Trinajstić information content (AvgIpc) is 2.93. The van der Waals surface area contributed by atoms with Gasteiger partial charge in [-0.15, -0.1) is 0 Å². The van der Waals surface area contributed by atoms with E-state index in [-0.39, 0.29) is 5.91 Å². The maximum atomic E-state index is 12.7. The molecule has 0 spiro atoms. The van der Waals surface area contributed by atoms with Crippen LogP contribution < -0.4 is 5.32 Å². The van der Waals surface area contributed by atoms with E-state index in [9.17, 15) is 4.79 Å². The standard InChI is InChI=1S/C16H24N2O/c1-4-18(14-7-5-6-8-14)16(19)15-10-9-13(17-3)11-12(15)2/h9-11,14,17H,4-8H2,1-3H3. The summed E-state index contributed by atoms with van der Waals surface area (Å²) in [5.41, 5.74) is 2.94. The number of hydrogen-bond donors (Lipinski definition) is 1. The van der Waals surface area contributed by atoms with E-state index in [1.54, 1.807) is 0 Å². The predicted octanol–water partition coefficient (Wildman–Crippen LogP) is 3.44. The van der Waals surface area contributed by atoms with Crippen LogP contribution in [-0.2, 0) is 0 Å². The lowest BCUT2D eigenvalue weighted by Gasteiger charge is -2.28. The minimum absolute atomic E-state index is 0.189. The molecule has 0 saturated heterocycles. The van der Waals surface area contributed by atoms with Crippen LogP contribution in [0.4, 0.5) is 5.69 Å². The Labute approximate surface area is 116 Å². The fraction of sp³-hybridized carbons (Fsp3) is 0.562. The van der Waals surface area contributed by atoms with Crippen LogP contribution in [0, 0.1) is 6.92 Å². The van der Waals surface area contributed by atoms with Crippen LogP contribution >= 0.6 is 0 Å². The van der Waals surface area contributed by atoms with E-state index in [0.717, 1.165) is 36.2 Å². The highest BCUT2D eigenvalue weighted by atomic mass is 16.2. The van der Waals surface area contributed by atoms with Crippen molar-refractivity contribution < 1.29 is 4.79 Å². The number of carbonyl (C=O) groups excluding carboxylic acids is 1. The number of hydrogen-bond acceptors (Lipinski definition) is 2. The molecule has 19 heavy (non-hydrogen) atoms. The minimum atomic E-state index is 0.189. The lowest BCUT2D eigenvalue weighted by molar-refractivity contribution is 0.0693. The Kier molecular flexibility index (Phi) is 4.46. The normalized spacial score (nSPS) is 15.5. The zero-order valence-electron chi connectivity index (χ0n) is 12.2. The first kappa shape index (κ1) is 13.9. The van der Waals surface area contributed by atoms with Crippen LogP contribution in [-0.4, -0.2) is 30.4 Å². The second-order valence-electron chi connectivity index (χ2n) is 5.31.